The van der Waals surface area contributed by atoms with Gasteiger partial charge in [0.25, 0.3) is 11.5 Å². The van der Waals surface area contributed by atoms with Crippen molar-refractivity contribution in [1.29, 1.82) is 0 Å². The van der Waals surface area contributed by atoms with Crippen LogP contribution in [0.1, 0.15) is 6.92 Å². The Hall–Kier alpha value is -2.69. The summed E-state index contributed by atoms with van der Waals surface area (Å²) in [6.07, 6.45) is 17.7. The molecule has 2 atom stereocenters. The van der Waals surface area contributed by atoms with Crippen molar-refractivity contribution in [2.45, 2.75) is 19.0 Å². The van der Waals surface area contributed by atoms with Gasteiger partial charge in [-0.25, -0.2) is 9.48 Å². The number of nitro groups is 1. The van der Waals surface area contributed by atoms with E-state index in [2.05, 4.69) is 46.8 Å². The van der Waals surface area contributed by atoms with Crippen LogP contribution in [0.2, 0.25) is 0 Å². The molecule has 0 N–H and O–H groups in total. The highest BCUT2D eigenvalue weighted by atomic mass is 16.6. The second kappa shape index (κ2) is 4.66. The van der Waals surface area contributed by atoms with E-state index >= 15 is 0 Å². The van der Waals surface area contributed by atoms with E-state index in [9.17, 15) is 10.1 Å². The van der Waals surface area contributed by atoms with Crippen molar-refractivity contribution in [2.75, 3.05) is 6.54 Å². The summed E-state index contributed by atoms with van der Waals surface area (Å²) in [5, 5.41) is 11.0. The molecule has 0 aromatic carbocycles. The molecule has 2 aliphatic heterocycles. The van der Waals surface area contributed by atoms with Crippen LogP contribution in [0.25, 0.3) is 0 Å². The molecule has 4 rings (SSSR count). The van der Waals surface area contributed by atoms with Crippen LogP contribution < -0.4 is 0 Å². The van der Waals surface area contributed by atoms with E-state index < -0.39 is 0 Å². The molecule has 0 bridgehead atoms. The third kappa shape index (κ3) is 1.68. The fourth-order valence-corrected chi connectivity index (χ4v) is 3.55. The topological polar surface area (TPSA) is 49.4 Å². The Kier molecular flexibility index (Phi) is 2.76. The minimum absolute atomic E-state index is 0.0522. The predicted octanol–water partition coefficient (Wildman–Crippen LogP) is 2.15. The summed E-state index contributed by atoms with van der Waals surface area (Å²) in [6.45, 7) is 3.04. The Morgan fingerprint density at radius 1 is 1.23 bits per heavy atom. The van der Waals surface area contributed by atoms with Gasteiger partial charge >= 0.3 is 0 Å². The first kappa shape index (κ1) is 13.0. The smallest absolute Gasteiger partial charge is 0.258 e. The maximum absolute atomic E-state index is 11.0. The Morgan fingerprint density at radius 3 is 2.86 bits per heavy atom. The highest BCUT2D eigenvalue weighted by molar-refractivity contribution is 5.99. The Bertz CT molecular complexity index is 778. The summed E-state index contributed by atoms with van der Waals surface area (Å²) in [4.78, 5) is 13.0. The molecule has 0 saturated carbocycles. The Morgan fingerprint density at radius 2 is 2.09 bits per heavy atom. The minimum Gasteiger partial charge on any atom is -0.258 e. The highest BCUT2D eigenvalue weighted by Crippen LogP contribution is 2.35. The minimum atomic E-state index is -0.337. The molecule has 22 heavy (non-hydrogen) atoms. The van der Waals surface area contributed by atoms with E-state index in [1.165, 1.54) is 5.71 Å². The van der Waals surface area contributed by atoms with Crippen LogP contribution in [0.15, 0.2) is 71.8 Å². The van der Waals surface area contributed by atoms with Crippen LogP contribution in [-0.2, 0) is 0 Å². The van der Waals surface area contributed by atoms with Crippen LogP contribution in [0.4, 0.5) is 0 Å². The van der Waals surface area contributed by atoms with Gasteiger partial charge in [0.15, 0.2) is 11.8 Å². The van der Waals surface area contributed by atoms with E-state index in [-0.39, 0.29) is 22.7 Å². The van der Waals surface area contributed by atoms with E-state index in [1.54, 1.807) is 12.2 Å². The molecular weight excluding hydrogens is 278 g/mol. The van der Waals surface area contributed by atoms with Gasteiger partial charge < -0.3 is 0 Å². The fourth-order valence-electron chi connectivity index (χ4n) is 3.55. The largest absolute Gasteiger partial charge is 0.278 e. The fraction of sp³-hybridized carbons (Fsp3) is 0.235. The van der Waals surface area contributed by atoms with E-state index in [4.69, 9.17) is 0 Å². The Labute approximate surface area is 128 Å². The lowest BCUT2D eigenvalue weighted by Gasteiger charge is -2.30. The monoisotopic (exact) mass is 294 g/mol. The number of hydrogen-bond donors (Lipinski definition) is 0. The molecule has 2 unspecified atom stereocenters. The van der Waals surface area contributed by atoms with Crippen LogP contribution in [0.3, 0.4) is 0 Å². The number of nitrogens with zero attached hydrogens (tertiary/aromatic N) is 3. The van der Waals surface area contributed by atoms with Gasteiger partial charge in [0.05, 0.1) is 11.5 Å². The van der Waals surface area contributed by atoms with E-state index in [0.717, 1.165) is 17.9 Å². The number of rotatable bonds is 2. The van der Waals surface area contributed by atoms with Gasteiger partial charge in [-0.2, -0.15) is 0 Å². The van der Waals surface area contributed by atoms with Crippen LogP contribution in [-0.4, -0.2) is 38.7 Å². The maximum Gasteiger partial charge on any atom is 0.278 e. The molecule has 0 amide bonds. The van der Waals surface area contributed by atoms with Crippen molar-refractivity contribution in [3.8, 4) is 0 Å². The summed E-state index contributed by atoms with van der Waals surface area (Å²) >= 11 is 0. The molecular formula is C17H16N3O2+. The van der Waals surface area contributed by atoms with Crippen molar-refractivity contribution in [2.24, 2.45) is 0 Å². The molecule has 2 heterocycles. The summed E-state index contributed by atoms with van der Waals surface area (Å²) in [6, 6.07) is 0.247. The lowest BCUT2D eigenvalue weighted by atomic mass is 9.93. The summed E-state index contributed by atoms with van der Waals surface area (Å²) < 4.78 is 2.30. The molecule has 0 radical (unpaired) electrons. The molecule has 0 fully saturated rings. The molecule has 5 nitrogen and oxygen atoms in total. The first-order chi connectivity index (χ1) is 10.7. The second-order valence-electron chi connectivity index (χ2n) is 5.59. The van der Waals surface area contributed by atoms with E-state index in [1.807, 2.05) is 12.2 Å². The first-order valence-electron chi connectivity index (χ1n) is 7.44. The summed E-state index contributed by atoms with van der Waals surface area (Å²) in [5.74, 6) is 1.16. The maximum atomic E-state index is 11.0. The molecule has 2 aliphatic carbocycles. The zero-order valence-electron chi connectivity index (χ0n) is 12.2. The zero-order valence-corrected chi connectivity index (χ0v) is 12.2. The highest BCUT2D eigenvalue weighted by Gasteiger charge is 2.48. The van der Waals surface area contributed by atoms with Gasteiger partial charge in [-0.15, -0.1) is 0 Å². The van der Waals surface area contributed by atoms with Gasteiger partial charge in [-0.05, 0) is 31.2 Å². The molecule has 0 spiro atoms. The Balaban J connectivity index is 1.81. The third-order valence-electron chi connectivity index (χ3n) is 4.48. The summed E-state index contributed by atoms with van der Waals surface area (Å²) in [5.41, 5.74) is 2.38. The number of fused-ring (bicyclic) bond motifs is 5. The third-order valence-corrected chi connectivity index (χ3v) is 4.48. The van der Waals surface area contributed by atoms with Crippen molar-refractivity contribution >= 4 is 5.71 Å². The lowest BCUT2D eigenvalue weighted by molar-refractivity contribution is -0.479. The normalized spacial score (nSPS) is 27.9. The molecule has 5 heteroatoms. The van der Waals surface area contributed by atoms with Gasteiger partial charge in [-0.1, -0.05) is 12.2 Å². The molecule has 0 aromatic rings. The molecule has 110 valence electrons. The van der Waals surface area contributed by atoms with Crippen molar-refractivity contribution in [3.05, 3.63) is 81.9 Å². The van der Waals surface area contributed by atoms with Gasteiger partial charge in [0.2, 0.25) is 0 Å². The lowest BCUT2D eigenvalue weighted by Crippen LogP contribution is -2.43. The number of hydrogen-bond acceptors (Lipinski definition) is 3. The van der Waals surface area contributed by atoms with Crippen LogP contribution >= 0.6 is 0 Å². The molecule has 4 aliphatic rings. The quantitative estimate of drug-likeness (QED) is 0.445. The van der Waals surface area contributed by atoms with Crippen molar-refractivity contribution < 1.29 is 9.50 Å². The van der Waals surface area contributed by atoms with Gasteiger partial charge in [0.1, 0.15) is 6.04 Å². The average Bonchev–Trinajstić information content (AvgIpc) is 2.88. The average molecular weight is 294 g/mol. The number of allylic oxidation sites excluding steroid dienone is 5. The van der Waals surface area contributed by atoms with Gasteiger partial charge in [0, 0.05) is 23.8 Å². The van der Waals surface area contributed by atoms with Crippen LogP contribution in [0.5, 0.6) is 0 Å². The van der Waals surface area contributed by atoms with Crippen molar-refractivity contribution in [3.63, 3.8) is 0 Å². The van der Waals surface area contributed by atoms with Gasteiger partial charge in [-0.3, -0.25) is 10.1 Å². The predicted molar refractivity (Wildman–Crippen MR) is 83.9 cm³/mol. The van der Waals surface area contributed by atoms with Crippen molar-refractivity contribution in [1.82, 2.24) is 4.90 Å². The van der Waals surface area contributed by atoms with Crippen LogP contribution in [0, 0.1) is 10.1 Å². The standard InChI is InChI=1S/C17H16N3O2/c1-2-18-15-5-3-4-6-16(15)19-14-9-8-13(20(21)22)11-12(14)7-10-17(18)19/h3-11,14,16H,2H2,1H3/q+1. The zero-order chi connectivity index (χ0) is 15.3. The first-order valence-corrected chi connectivity index (χ1v) is 7.44. The summed E-state index contributed by atoms with van der Waals surface area (Å²) in [7, 11) is 0. The molecule has 0 aromatic heterocycles. The molecule has 0 saturated heterocycles. The van der Waals surface area contributed by atoms with E-state index in [0.29, 0.717) is 0 Å². The SMILES string of the molecule is CC[N+]1=C2C=CC=CC2N2C1=CC=C1C=C([N+](=O)[O-])C=CC12. The second-order valence-corrected chi connectivity index (χ2v) is 5.59.